The van der Waals surface area contributed by atoms with Crippen LogP contribution in [0.2, 0.25) is 0 Å². The second kappa shape index (κ2) is 7.94. The van der Waals surface area contributed by atoms with E-state index in [9.17, 15) is 14.0 Å². The van der Waals surface area contributed by atoms with Gasteiger partial charge in [-0.25, -0.2) is 4.39 Å². The Hall–Kier alpha value is -3.75. The maximum absolute atomic E-state index is 13.8. The third kappa shape index (κ3) is 3.38. The van der Waals surface area contributed by atoms with Gasteiger partial charge in [0.25, 0.3) is 11.8 Å². The molecule has 1 aliphatic rings. The highest BCUT2D eigenvalue weighted by atomic mass is 19.1. The van der Waals surface area contributed by atoms with E-state index in [1.165, 1.54) is 19.4 Å². The summed E-state index contributed by atoms with van der Waals surface area (Å²) in [6.45, 7) is -0.734. The Bertz CT molecular complexity index is 1100. The summed E-state index contributed by atoms with van der Waals surface area (Å²) >= 11 is 0. The fourth-order valence-corrected chi connectivity index (χ4v) is 3.61. The first-order chi connectivity index (χ1) is 14.5. The van der Waals surface area contributed by atoms with Gasteiger partial charge in [0.15, 0.2) is 0 Å². The molecule has 2 N–H and O–H groups in total. The highest BCUT2D eigenvalue weighted by molar-refractivity contribution is 6.07. The molecule has 3 aromatic rings. The van der Waals surface area contributed by atoms with Gasteiger partial charge in [-0.1, -0.05) is 30.3 Å². The lowest BCUT2D eigenvalue weighted by Crippen LogP contribution is -2.22. The Kier molecular flexibility index (Phi) is 5.18. The minimum absolute atomic E-state index is 0.176. The number of alkyl halides is 1. The van der Waals surface area contributed by atoms with Crippen LogP contribution >= 0.6 is 0 Å². The summed E-state index contributed by atoms with van der Waals surface area (Å²) in [5.74, 6) is -0.779. The van der Waals surface area contributed by atoms with E-state index in [-0.39, 0.29) is 17.1 Å². The van der Waals surface area contributed by atoms with Crippen molar-refractivity contribution in [3.8, 4) is 5.75 Å². The average molecular weight is 409 g/mol. The maximum Gasteiger partial charge on any atom is 0.258 e. The molecular weight excluding hydrogens is 389 g/mol. The van der Waals surface area contributed by atoms with Crippen molar-refractivity contribution in [3.05, 3.63) is 71.0 Å². The van der Waals surface area contributed by atoms with Gasteiger partial charge in [-0.05, 0) is 17.7 Å². The zero-order chi connectivity index (χ0) is 21.3. The smallest absolute Gasteiger partial charge is 0.258 e. The number of anilines is 1. The van der Waals surface area contributed by atoms with E-state index >= 15 is 0 Å². The molecule has 8 nitrogen and oxygen atoms in total. The Balaban J connectivity index is 1.82. The molecule has 0 aliphatic carbocycles. The average Bonchev–Trinajstić information content (AvgIpc) is 3.35. The predicted octanol–water partition coefficient (Wildman–Crippen LogP) is 2.29. The summed E-state index contributed by atoms with van der Waals surface area (Å²) in [7, 11) is 3.18. The monoisotopic (exact) mass is 409 g/mol. The summed E-state index contributed by atoms with van der Waals surface area (Å²) in [5, 5.41) is 12.8. The lowest BCUT2D eigenvalue weighted by molar-refractivity contribution is 0.0955. The second-order valence-corrected chi connectivity index (χ2v) is 6.94. The number of hydrogen-bond donors (Lipinski definition) is 2. The lowest BCUT2D eigenvalue weighted by Gasteiger charge is -2.16. The highest BCUT2D eigenvalue weighted by Gasteiger charge is 2.39. The maximum atomic E-state index is 13.8. The standard InChI is InChI=1S/C21H20FN5O3/c1-23-20(29)15-9-13(19(28)25-21-26-24-11-27(21)2)8-14-17(12-6-4-3-5-7-12)16(10-22)30-18(14)15/h3-9,11,16-17H,10H2,1-2H3,(H,23,29)(H,25,26,28)/t16-,17+/m0/s1. The van der Waals surface area contributed by atoms with Crippen molar-refractivity contribution in [3.63, 3.8) is 0 Å². The first-order valence-electron chi connectivity index (χ1n) is 9.36. The molecule has 0 saturated carbocycles. The van der Waals surface area contributed by atoms with E-state index in [2.05, 4.69) is 20.8 Å². The number of hydrogen-bond acceptors (Lipinski definition) is 5. The summed E-state index contributed by atoms with van der Waals surface area (Å²) in [4.78, 5) is 25.4. The Morgan fingerprint density at radius 1 is 1.20 bits per heavy atom. The van der Waals surface area contributed by atoms with Gasteiger partial charge in [0.1, 0.15) is 24.9 Å². The number of carbonyl (C=O) groups is 2. The molecule has 0 spiro atoms. The van der Waals surface area contributed by atoms with Crippen molar-refractivity contribution in [2.45, 2.75) is 12.0 Å². The van der Waals surface area contributed by atoms with Crippen molar-refractivity contribution in [1.82, 2.24) is 20.1 Å². The zero-order valence-corrected chi connectivity index (χ0v) is 16.4. The van der Waals surface area contributed by atoms with Crippen LogP contribution in [0.4, 0.5) is 10.3 Å². The minimum Gasteiger partial charge on any atom is -0.486 e. The van der Waals surface area contributed by atoms with Crippen LogP contribution in [-0.4, -0.2) is 46.4 Å². The second-order valence-electron chi connectivity index (χ2n) is 6.94. The molecule has 0 unspecified atom stereocenters. The van der Waals surface area contributed by atoms with E-state index in [1.807, 2.05) is 30.3 Å². The predicted molar refractivity (Wildman–Crippen MR) is 107 cm³/mol. The summed E-state index contributed by atoms with van der Waals surface area (Å²) in [6.07, 6.45) is 0.669. The van der Waals surface area contributed by atoms with E-state index in [0.29, 0.717) is 11.3 Å². The number of carbonyl (C=O) groups excluding carboxylic acids is 2. The van der Waals surface area contributed by atoms with Crippen molar-refractivity contribution in [2.75, 3.05) is 19.0 Å². The summed E-state index contributed by atoms with van der Waals surface area (Å²) in [5.41, 5.74) is 1.84. The Morgan fingerprint density at radius 2 is 1.97 bits per heavy atom. The molecular formula is C21H20FN5O3. The SMILES string of the molecule is CNC(=O)c1cc(C(=O)Nc2nncn2C)cc2c1O[C@@H](CF)[C@@H]2c1ccccc1. The van der Waals surface area contributed by atoms with Crippen LogP contribution < -0.4 is 15.4 Å². The molecule has 0 fully saturated rings. The third-order valence-corrected chi connectivity index (χ3v) is 5.08. The van der Waals surface area contributed by atoms with Crippen LogP contribution in [0.5, 0.6) is 5.75 Å². The quantitative estimate of drug-likeness (QED) is 0.674. The zero-order valence-electron chi connectivity index (χ0n) is 16.4. The fraction of sp³-hybridized carbons (Fsp3) is 0.238. The molecule has 2 atom stereocenters. The van der Waals surface area contributed by atoms with Crippen LogP contribution in [0.1, 0.15) is 37.8 Å². The van der Waals surface area contributed by atoms with Gasteiger partial charge >= 0.3 is 0 Å². The molecule has 2 amide bonds. The van der Waals surface area contributed by atoms with Gasteiger partial charge in [0.05, 0.1) is 11.5 Å². The Morgan fingerprint density at radius 3 is 2.60 bits per heavy atom. The number of nitrogens with zero attached hydrogens (tertiary/aromatic N) is 3. The minimum atomic E-state index is -0.789. The molecule has 154 valence electrons. The first kappa shape index (κ1) is 19.6. The molecule has 0 bridgehead atoms. The number of halogens is 1. The van der Waals surface area contributed by atoms with Crippen molar-refractivity contribution < 1.29 is 18.7 Å². The number of aryl methyl sites for hydroxylation is 1. The molecule has 2 heterocycles. The number of fused-ring (bicyclic) bond motifs is 1. The molecule has 1 aliphatic heterocycles. The highest BCUT2D eigenvalue weighted by Crippen LogP contribution is 2.45. The molecule has 30 heavy (non-hydrogen) atoms. The van der Waals surface area contributed by atoms with Crippen molar-refractivity contribution in [2.24, 2.45) is 7.05 Å². The molecule has 2 aromatic carbocycles. The van der Waals surface area contributed by atoms with Crippen molar-refractivity contribution >= 4 is 17.8 Å². The first-order valence-corrected chi connectivity index (χ1v) is 9.36. The number of amides is 2. The number of ether oxygens (including phenoxy) is 1. The number of benzene rings is 2. The van der Waals surface area contributed by atoms with Gasteiger partial charge < -0.3 is 14.6 Å². The third-order valence-electron chi connectivity index (χ3n) is 5.08. The molecule has 1 aromatic heterocycles. The van der Waals surface area contributed by atoms with E-state index in [0.717, 1.165) is 5.56 Å². The Labute approximate surface area is 172 Å². The van der Waals surface area contributed by atoms with Crippen LogP contribution in [0.3, 0.4) is 0 Å². The molecule has 0 saturated heterocycles. The largest absolute Gasteiger partial charge is 0.486 e. The number of nitrogens with one attached hydrogen (secondary N) is 2. The number of rotatable bonds is 5. The molecule has 9 heteroatoms. The number of aromatic nitrogens is 3. The van der Waals surface area contributed by atoms with Crippen LogP contribution in [-0.2, 0) is 7.05 Å². The van der Waals surface area contributed by atoms with Gasteiger partial charge in [0, 0.05) is 25.2 Å². The van der Waals surface area contributed by atoms with Gasteiger partial charge in [-0.15, -0.1) is 10.2 Å². The fourth-order valence-electron chi connectivity index (χ4n) is 3.61. The topological polar surface area (TPSA) is 98.1 Å². The van der Waals surface area contributed by atoms with E-state index in [1.54, 1.807) is 17.7 Å². The summed E-state index contributed by atoms with van der Waals surface area (Å²) < 4.78 is 21.2. The van der Waals surface area contributed by atoms with Crippen LogP contribution in [0.15, 0.2) is 48.8 Å². The normalized spacial score (nSPS) is 17.2. The summed E-state index contributed by atoms with van der Waals surface area (Å²) in [6, 6.07) is 12.4. The van der Waals surface area contributed by atoms with Gasteiger partial charge in [0.2, 0.25) is 5.95 Å². The van der Waals surface area contributed by atoms with Gasteiger partial charge in [-0.3, -0.25) is 14.9 Å². The van der Waals surface area contributed by atoms with E-state index in [4.69, 9.17) is 4.74 Å². The van der Waals surface area contributed by atoms with Crippen molar-refractivity contribution in [1.29, 1.82) is 0 Å². The van der Waals surface area contributed by atoms with E-state index < -0.39 is 30.5 Å². The van der Waals surface area contributed by atoms with Crippen LogP contribution in [0, 0.1) is 0 Å². The van der Waals surface area contributed by atoms with Gasteiger partial charge in [-0.2, -0.15) is 0 Å². The molecule has 0 radical (unpaired) electrons. The van der Waals surface area contributed by atoms with Crippen LogP contribution in [0.25, 0.3) is 0 Å². The lowest BCUT2D eigenvalue weighted by atomic mass is 9.86. The molecule has 4 rings (SSSR count).